The maximum absolute atomic E-state index is 10.9. The zero-order valence-electron chi connectivity index (χ0n) is 7.68. The number of hydrogen-bond acceptors (Lipinski definition) is 6. The number of hydrogen-bond donors (Lipinski definition) is 0. The molecule has 0 saturated heterocycles. The average molecular weight is 242 g/mol. The maximum Gasteiger partial charge on any atom is 0.319 e. The molecule has 0 radical (unpaired) electrons. The van der Waals surface area contributed by atoms with Gasteiger partial charge in [-0.2, -0.15) is 16.8 Å². The van der Waals surface area contributed by atoms with Crippen molar-refractivity contribution in [2.75, 3.05) is 0 Å². The highest BCUT2D eigenvalue weighted by Gasteiger charge is 2.21. The molecule has 8 heteroatoms. The average Bonchev–Trinajstić information content (AvgIpc) is 2.01. The van der Waals surface area contributed by atoms with Crippen LogP contribution in [0.15, 0.2) is 23.0 Å². The van der Waals surface area contributed by atoms with Gasteiger partial charge in [0.05, 0.1) is 9.81 Å². The van der Waals surface area contributed by atoms with Crippen molar-refractivity contribution < 1.29 is 25.5 Å². The van der Waals surface area contributed by atoms with Gasteiger partial charge < -0.3 is 0 Å². The van der Waals surface area contributed by atoms with Gasteiger partial charge in [-0.05, 0) is 13.8 Å². The third-order valence-corrected chi connectivity index (χ3v) is 3.35. The summed E-state index contributed by atoms with van der Waals surface area (Å²) in [6, 6.07) is 0. The Morgan fingerprint density at radius 3 is 1.21 bits per heavy atom. The molecule has 0 rings (SSSR count). The van der Waals surface area contributed by atoms with Crippen LogP contribution in [0.3, 0.4) is 0 Å². The SMILES string of the molecule is C=C(C)S(=O)(=O)OOS(=O)(=O)C(=C)C. The summed E-state index contributed by atoms with van der Waals surface area (Å²) in [5.74, 6) is 0. The Balaban J connectivity index is 4.67. The lowest BCUT2D eigenvalue weighted by Gasteiger charge is -2.03. The summed E-state index contributed by atoms with van der Waals surface area (Å²) in [7, 11) is -8.40. The minimum atomic E-state index is -4.20. The summed E-state index contributed by atoms with van der Waals surface area (Å²) < 4.78 is 50.9. The Morgan fingerprint density at radius 2 is 1.07 bits per heavy atom. The molecule has 6 nitrogen and oxygen atoms in total. The van der Waals surface area contributed by atoms with E-state index in [1.54, 1.807) is 0 Å². The highest BCUT2D eigenvalue weighted by Crippen LogP contribution is 2.11. The monoisotopic (exact) mass is 242 g/mol. The fourth-order valence-corrected chi connectivity index (χ4v) is 1.01. The molecule has 82 valence electrons. The molecule has 0 saturated carbocycles. The van der Waals surface area contributed by atoms with Gasteiger partial charge in [-0.15, -0.1) is 0 Å². The molecule has 0 aromatic rings. The Morgan fingerprint density at radius 1 is 0.857 bits per heavy atom. The lowest BCUT2D eigenvalue weighted by atomic mass is 10.8. The zero-order valence-corrected chi connectivity index (χ0v) is 9.31. The highest BCUT2D eigenvalue weighted by atomic mass is 32.2. The van der Waals surface area contributed by atoms with Crippen LogP contribution in [0.2, 0.25) is 0 Å². The first kappa shape index (κ1) is 13.3. The van der Waals surface area contributed by atoms with Crippen molar-refractivity contribution in [2.45, 2.75) is 13.8 Å². The molecule has 0 N–H and O–H groups in total. The molecule has 0 heterocycles. The summed E-state index contributed by atoms with van der Waals surface area (Å²) in [4.78, 5) is -0.733. The number of rotatable bonds is 5. The molecule has 14 heavy (non-hydrogen) atoms. The van der Waals surface area contributed by atoms with E-state index in [1.807, 2.05) is 0 Å². The van der Waals surface area contributed by atoms with Crippen molar-refractivity contribution in [1.82, 2.24) is 0 Å². The van der Waals surface area contributed by atoms with Crippen molar-refractivity contribution in [2.24, 2.45) is 0 Å². The molecule has 0 fully saturated rings. The van der Waals surface area contributed by atoms with Crippen molar-refractivity contribution in [3.05, 3.63) is 23.0 Å². The third-order valence-electron chi connectivity index (χ3n) is 1.06. The normalized spacial score (nSPS) is 12.4. The molecule has 0 aromatic carbocycles. The van der Waals surface area contributed by atoms with Gasteiger partial charge in [0.15, 0.2) is 0 Å². The zero-order chi connectivity index (χ0) is 11.6. The van der Waals surface area contributed by atoms with Gasteiger partial charge in [-0.25, -0.2) is 0 Å². The van der Waals surface area contributed by atoms with E-state index in [0.717, 1.165) is 13.8 Å². The van der Waals surface area contributed by atoms with Crippen molar-refractivity contribution >= 4 is 20.2 Å². The van der Waals surface area contributed by atoms with E-state index >= 15 is 0 Å². The van der Waals surface area contributed by atoms with Gasteiger partial charge in [-0.3, -0.25) is 0 Å². The van der Waals surface area contributed by atoms with Crippen molar-refractivity contribution in [3.8, 4) is 0 Å². The van der Waals surface area contributed by atoms with Crippen LogP contribution in [0, 0.1) is 0 Å². The lowest BCUT2D eigenvalue weighted by Crippen LogP contribution is -2.12. The van der Waals surface area contributed by atoms with E-state index in [9.17, 15) is 16.8 Å². The molecule has 0 unspecified atom stereocenters. The quantitative estimate of drug-likeness (QED) is 0.520. The predicted octanol–water partition coefficient (Wildman–Crippen LogP) is 0.661. The maximum atomic E-state index is 10.9. The fraction of sp³-hybridized carbons (Fsp3) is 0.333. The summed E-state index contributed by atoms with van der Waals surface area (Å²) >= 11 is 0. The molecular formula is C6H10O6S2. The van der Waals surface area contributed by atoms with Crippen LogP contribution in [0.25, 0.3) is 0 Å². The van der Waals surface area contributed by atoms with Gasteiger partial charge in [0.1, 0.15) is 0 Å². The molecule has 0 aliphatic heterocycles. The van der Waals surface area contributed by atoms with Crippen molar-refractivity contribution in [1.29, 1.82) is 0 Å². The van der Waals surface area contributed by atoms with Crippen LogP contribution in [0.1, 0.15) is 13.8 Å². The van der Waals surface area contributed by atoms with Crippen LogP contribution in [0.4, 0.5) is 0 Å². The molecule has 0 aliphatic rings. The van der Waals surface area contributed by atoms with Crippen LogP contribution in [-0.2, 0) is 28.9 Å². The van der Waals surface area contributed by atoms with Crippen LogP contribution >= 0.6 is 0 Å². The largest absolute Gasteiger partial charge is 0.319 e. The first-order chi connectivity index (χ1) is 6.09. The van der Waals surface area contributed by atoms with E-state index in [4.69, 9.17) is 0 Å². The fourth-order valence-electron chi connectivity index (χ4n) is 0.189. The molecule has 0 amide bonds. The smallest absolute Gasteiger partial charge is 0.192 e. The van der Waals surface area contributed by atoms with E-state index in [1.165, 1.54) is 0 Å². The second-order valence-electron chi connectivity index (χ2n) is 2.45. The molecule has 0 aliphatic carbocycles. The Bertz CT molecular complexity index is 397. The van der Waals surface area contributed by atoms with E-state index < -0.39 is 20.2 Å². The van der Waals surface area contributed by atoms with Gasteiger partial charge in [0.2, 0.25) is 0 Å². The molecular weight excluding hydrogens is 232 g/mol. The van der Waals surface area contributed by atoms with Gasteiger partial charge in [0, 0.05) is 0 Å². The number of allylic oxidation sites excluding steroid dienone is 2. The molecule has 0 bridgehead atoms. The third kappa shape index (κ3) is 3.58. The minimum Gasteiger partial charge on any atom is -0.192 e. The second-order valence-corrected chi connectivity index (χ2v) is 5.93. The standard InChI is InChI=1S/C6H10O6S2/c1-5(2)13(7,8)11-12-14(9,10)6(3)4/h1,3H2,2,4H3. The minimum absolute atomic E-state index is 0.366. The van der Waals surface area contributed by atoms with Crippen molar-refractivity contribution in [3.63, 3.8) is 0 Å². The summed E-state index contributed by atoms with van der Waals surface area (Å²) in [6.07, 6.45) is 0. The van der Waals surface area contributed by atoms with E-state index in [0.29, 0.717) is 0 Å². The molecule has 0 spiro atoms. The Kier molecular flexibility index (Phi) is 4.01. The summed E-state index contributed by atoms with van der Waals surface area (Å²) in [5, 5.41) is 0. The van der Waals surface area contributed by atoms with Crippen LogP contribution in [0.5, 0.6) is 0 Å². The van der Waals surface area contributed by atoms with Crippen LogP contribution < -0.4 is 0 Å². The van der Waals surface area contributed by atoms with Gasteiger partial charge >= 0.3 is 20.2 Å². The Hall–Kier alpha value is -0.700. The summed E-state index contributed by atoms with van der Waals surface area (Å²) in [6.45, 7) is 8.39. The van der Waals surface area contributed by atoms with Crippen LogP contribution in [-0.4, -0.2) is 16.8 Å². The lowest BCUT2D eigenvalue weighted by molar-refractivity contribution is -0.0824. The second kappa shape index (κ2) is 4.22. The predicted molar refractivity (Wildman–Crippen MR) is 49.6 cm³/mol. The van der Waals surface area contributed by atoms with Gasteiger partial charge in [-0.1, -0.05) is 21.8 Å². The van der Waals surface area contributed by atoms with E-state index in [2.05, 4.69) is 21.8 Å². The van der Waals surface area contributed by atoms with Gasteiger partial charge in [0.25, 0.3) is 0 Å². The highest BCUT2D eigenvalue weighted by molar-refractivity contribution is 7.92. The molecule has 0 aromatic heterocycles. The topological polar surface area (TPSA) is 86.7 Å². The summed E-state index contributed by atoms with van der Waals surface area (Å²) in [5.41, 5.74) is 0. The van der Waals surface area contributed by atoms with E-state index in [-0.39, 0.29) is 9.81 Å². The Labute approximate surface area is 83.0 Å². The first-order valence-corrected chi connectivity index (χ1v) is 6.10. The first-order valence-electron chi connectivity index (χ1n) is 3.28. The molecule has 0 atom stereocenters.